The van der Waals surface area contributed by atoms with E-state index in [0.29, 0.717) is 16.7 Å². The van der Waals surface area contributed by atoms with E-state index >= 15 is 0 Å². The number of hydrogen-bond donors (Lipinski definition) is 2. The molecule has 1 aromatic carbocycles. The number of aromatic amines is 1. The predicted octanol–water partition coefficient (Wildman–Crippen LogP) is 0.833. The zero-order valence-electron chi connectivity index (χ0n) is 9.77. The van der Waals surface area contributed by atoms with Crippen LogP contribution in [-0.2, 0) is 16.1 Å². The van der Waals surface area contributed by atoms with Crippen LogP contribution in [0.15, 0.2) is 23.0 Å². The van der Waals surface area contributed by atoms with Crippen molar-refractivity contribution in [2.75, 3.05) is 6.61 Å². The first kappa shape index (κ1) is 12.3. The second-order valence-electron chi connectivity index (χ2n) is 3.87. The standard InChI is InChI=1S/C12H12N2O4/c1-7-3-2-4-8-11(7)13-9(14-12(8)17)5-18-6-10(15)16/h2-4H,5-6H2,1H3,(H,15,16)(H,13,14,17). The summed E-state index contributed by atoms with van der Waals surface area (Å²) in [4.78, 5) is 28.9. The number of carbonyl (C=O) groups is 1. The van der Waals surface area contributed by atoms with Gasteiger partial charge in [0.1, 0.15) is 19.0 Å². The van der Waals surface area contributed by atoms with Gasteiger partial charge >= 0.3 is 5.97 Å². The number of H-pyrrole nitrogens is 1. The molecule has 0 spiro atoms. The molecule has 0 aliphatic rings. The minimum absolute atomic E-state index is 0.0359. The Hall–Kier alpha value is -2.21. The summed E-state index contributed by atoms with van der Waals surface area (Å²) in [5.41, 5.74) is 1.24. The second-order valence-corrected chi connectivity index (χ2v) is 3.87. The van der Waals surface area contributed by atoms with Crippen molar-refractivity contribution in [2.45, 2.75) is 13.5 Å². The summed E-state index contributed by atoms with van der Waals surface area (Å²) in [6, 6.07) is 5.34. The minimum Gasteiger partial charge on any atom is -0.480 e. The van der Waals surface area contributed by atoms with Crippen LogP contribution in [-0.4, -0.2) is 27.7 Å². The molecule has 6 nitrogen and oxygen atoms in total. The van der Waals surface area contributed by atoms with E-state index in [2.05, 4.69) is 9.97 Å². The number of rotatable bonds is 4. The van der Waals surface area contributed by atoms with E-state index in [1.165, 1.54) is 0 Å². The Kier molecular flexibility index (Phi) is 3.38. The Morgan fingerprint density at radius 2 is 2.28 bits per heavy atom. The van der Waals surface area contributed by atoms with Gasteiger partial charge in [0.05, 0.1) is 10.9 Å². The molecule has 0 fully saturated rings. The van der Waals surface area contributed by atoms with Gasteiger partial charge in [-0.05, 0) is 18.6 Å². The highest BCUT2D eigenvalue weighted by molar-refractivity contribution is 5.80. The van der Waals surface area contributed by atoms with Crippen LogP contribution in [0.5, 0.6) is 0 Å². The number of carboxylic acids is 1. The van der Waals surface area contributed by atoms with E-state index < -0.39 is 12.6 Å². The van der Waals surface area contributed by atoms with Crippen LogP contribution in [0, 0.1) is 6.92 Å². The van der Waals surface area contributed by atoms with Crippen LogP contribution in [0.3, 0.4) is 0 Å². The van der Waals surface area contributed by atoms with Crippen LogP contribution in [0.2, 0.25) is 0 Å². The van der Waals surface area contributed by atoms with Gasteiger partial charge in [0.15, 0.2) is 0 Å². The van der Waals surface area contributed by atoms with E-state index in [9.17, 15) is 9.59 Å². The number of nitrogens with zero attached hydrogens (tertiary/aromatic N) is 1. The van der Waals surface area contributed by atoms with Gasteiger partial charge in [-0.25, -0.2) is 9.78 Å². The van der Waals surface area contributed by atoms with Gasteiger partial charge in [-0.2, -0.15) is 0 Å². The lowest BCUT2D eigenvalue weighted by atomic mass is 10.1. The van der Waals surface area contributed by atoms with Gasteiger partial charge in [-0.15, -0.1) is 0 Å². The molecular formula is C12H12N2O4. The maximum absolute atomic E-state index is 11.8. The maximum atomic E-state index is 11.8. The molecule has 0 saturated heterocycles. The van der Waals surface area contributed by atoms with Crippen LogP contribution in [0.25, 0.3) is 10.9 Å². The molecule has 0 atom stereocenters. The Balaban J connectivity index is 2.33. The van der Waals surface area contributed by atoms with Crippen molar-refractivity contribution < 1.29 is 14.6 Å². The third kappa shape index (κ3) is 2.54. The fourth-order valence-electron chi connectivity index (χ4n) is 1.66. The predicted molar refractivity (Wildman–Crippen MR) is 64.4 cm³/mol. The first-order chi connectivity index (χ1) is 8.58. The number of benzene rings is 1. The molecule has 0 aliphatic heterocycles. The molecule has 2 N–H and O–H groups in total. The van der Waals surface area contributed by atoms with Gasteiger partial charge in [0.25, 0.3) is 5.56 Å². The number of para-hydroxylation sites is 1. The quantitative estimate of drug-likeness (QED) is 0.836. The molecule has 6 heteroatoms. The van der Waals surface area contributed by atoms with Gasteiger partial charge in [0, 0.05) is 0 Å². The topological polar surface area (TPSA) is 92.3 Å². The highest BCUT2D eigenvalue weighted by Gasteiger charge is 2.06. The lowest BCUT2D eigenvalue weighted by molar-refractivity contribution is -0.142. The Labute approximate surface area is 102 Å². The van der Waals surface area contributed by atoms with Gasteiger partial charge < -0.3 is 14.8 Å². The van der Waals surface area contributed by atoms with Crippen molar-refractivity contribution in [1.82, 2.24) is 9.97 Å². The lowest BCUT2D eigenvalue weighted by Crippen LogP contribution is -2.15. The fourth-order valence-corrected chi connectivity index (χ4v) is 1.66. The molecule has 0 bridgehead atoms. The van der Waals surface area contributed by atoms with E-state index in [1.54, 1.807) is 12.1 Å². The molecule has 94 valence electrons. The average Bonchev–Trinajstić information content (AvgIpc) is 2.30. The van der Waals surface area contributed by atoms with Gasteiger partial charge in [-0.1, -0.05) is 12.1 Å². The molecule has 0 saturated carbocycles. The van der Waals surface area contributed by atoms with Gasteiger partial charge in [0.2, 0.25) is 0 Å². The normalized spacial score (nSPS) is 10.7. The molecular weight excluding hydrogens is 236 g/mol. The number of aryl methyl sites for hydroxylation is 1. The largest absolute Gasteiger partial charge is 0.480 e. The molecule has 0 unspecified atom stereocenters. The summed E-state index contributed by atoms with van der Waals surface area (Å²) in [5, 5.41) is 8.96. The van der Waals surface area contributed by atoms with Crippen LogP contribution in [0.4, 0.5) is 0 Å². The molecule has 1 aromatic heterocycles. The third-order valence-corrected chi connectivity index (χ3v) is 2.45. The minimum atomic E-state index is -1.06. The Morgan fingerprint density at radius 3 is 3.00 bits per heavy atom. The maximum Gasteiger partial charge on any atom is 0.329 e. The molecule has 0 amide bonds. The van der Waals surface area contributed by atoms with Crippen molar-refractivity contribution in [2.24, 2.45) is 0 Å². The molecule has 0 radical (unpaired) electrons. The fraction of sp³-hybridized carbons (Fsp3) is 0.250. The molecule has 2 aromatic rings. The third-order valence-electron chi connectivity index (χ3n) is 2.45. The highest BCUT2D eigenvalue weighted by atomic mass is 16.5. The van der Waals surface area contributed by atoms with Crippen molar-refractivity contribution in [3.63, 3.8) is 0 Å². The number of fused-ring (bicyclic) bond motifs is 1. The van der Waals surface area contributed by atoms with Crippen molar-refractivity contribution >= 4 is 16.9 Å². The van der Waals surface area contributed by atoms with Gasteiger partial charge in [-0.3, -0.25) is 4.79 Å². The second kappa shape index (κ2) is 4.97. The molecule has 2 rings (SSSR count). The summed E-state index contributed by atoms with van der Waals surface area (Å²) < 4.78 is 4.89. The molecule has 18 heavy (non-hydrogen) atoms. The Morgan fingerprint density at radius 1 is 1.50 bits per heavy atom. The molecule has 0 aliphatic carbocycles. The zero-order chi connectivity index (χ0) is 13.1. The van der Waals surface area contributed by atoms with Crippen molar-refractivity contribution in [3.8, 4) is 0 Å². The van der Waals surface area contributed by atoms with Crippen LogP contribution >= 0.6 is 0 Å². The number of nitrogens with one attached hydrogen (secondary N) is 1. The van der Waals surface area contributed by atoms with E-state index in [4.69, 9.17) is 9.84 Å². The summed E-state index contributed by atoms with van der Waals surface area (Å²) in [5.74, 6) is -0.739. The highest BCUT2D eigenvalue weighted by Crippen LogP contribution is 2.11. The summed E-state index contributed by atoms with van der Waals surface area (Å²) in [7, 11) is 0. The zero-order valence-corrected chi connectivity index (χ0v) is 9.77. The molecule has 1 heterocycles. The summed E-state index contributed by atoms with van der Waals surface area (Å²) in [6.07, 6.45) is 0. The van der Waals surface area contributed by atoms with Crippen molar-refractivity contribution in [1.29, 1.82) is 0 Å². The van der Waals surface area contributed by atoms with Crippen molar-refractivity contribution in [3.05, 3.63) is 39.9 Å². The number of ether oxygens (including phenoxy) is 1. The first-order valence-corrected chi connectivity index (χ1v) is 5.36. The SMILES string of the molecule is Cc1cccc2c(=O)[nH]c(COCC(=O)O)nc12. The van der Waals surface area contributed by atoms with Crippen LogP contribution in [0.1, 0.15) is 11.4 Å². The smallest absolute Gasteiger partial charge is 0.329 e. The summed E-state index contributed by atoms with van der Waals surface area (Å²) >= 11 is 0. The number of aliphatic carboxylic acids is 1. The monoisotopic (exact) mass is 248 g/mol. The average molecular weight is 248 g/mol. The van der Waals surface area contributed by atoms with E-state index in [1.807, 2.05) is 13.0 Å². The number of hydrogen-bond acceptors (Lipinski definition) is 4. The number of carboxylic acid groups (broad SMARTS) is 1. The Bertz CT molecular complexity index is 648. The summed E-state index contributed by atoms with van der Waals surface area (Å²) in [6.45, 7) is 1.40. The first-order valence-electron chi connectivity index (χ1n) is 5.36. The van der Waals surface area contributed by atoms with E-state index in [0.717, 1.165) is 5.56 Å². The van der Waals surface area contributed by atoms with Crippen LogP contribution < -0.4 is 5.56 Å². The van der Waals surface area contributed by atoms with E-state index in [-0.39, 0.29) is 12.2 Å². The lowest BCUT2D eigenvalue weighted by Gasteiger charge is -2.04. The number of aromatic nitrogens is 2.